The van der Waals surface area contributed by atoms with E-state index >= 15 is 0 Å². The molecule has 3 heteroatoms. The lowest BCUT2D eigenvalue weighted by Gasteiger charge is -2.47. The molecule has 0 spiro atoms. The van der Waals surface area contributed by atoms with E-state index in [1.807, 2.05) is 0 Å². The number of hydrogen-bond acceptors (Lipinski definition) is 2. The normalized spacial score (nSPS) is 17.7. The van der Waals surface area contributed by atoms with Gasteiger partial charge >= 0.3 is 0 Å². The van der Waals surface area contributed by atoms with Crippen molar-refractivity contribution in [3.05, 3.63) is 312 Å². The van der Waals surface area contributed by atoms with E-state index in [2.05, 4.69) is 360 Å². The molecule has 10 aromatic carbocycles. The van der Waals surface area contributed by atoms with Gasteiger partial charge in [-0.25, -0.2) is 0 Å². The summed E-state index contributed by atoms with van der Waals surface area (Å²) >= 11 is 0. The Morgan fingerprint density at radius 3 is 1.26 bits per heavy atom. The Kier molecular flexibility index (Phi) is 14.3. The summed E-state index contributed by atoms with van der Waals surface area (Å²) in [5, 5.41) is 0. The van der Waals surface area contributed by atoms with Crippen LogP contribution in [0.1, 0.15) is 112 Å². The fraction of sp³-hybridized carbons (Fsp3) is 0.217. The van der Waals surface area contributed by atoms with Crippen LogP contribution in [0.15, 0.2) is 289 Å². The van der Waals surface area contributed by atoms with Gasteiger partial charge in [0.2, 0.25) is 0 Å². The summed E-state index contributed by atoms with van der Waals surface area (Å²) in [6, 6.07) is 86.2. The largest absolute Gasteiger partial charge is 0.310 e. The molecule has 0 bridgehead atoms. The fourth-order valence-corrected chi connectivity index (χ4v) is 16.2. The van der Waals surface area contributed by atoms with Gasteiger partial charge < -0.3 is 9.80 Å². The summed E-state index contributed by atoms with van der Waals surface area (Å²) in [6.07, 6.45) is 18.7. The molecule has 0 aromatic heterocycles. The first kappa shape index (κ1) is 60.3. The second-order valence-corrected chi connectivity index (χ2v) is 31.7. The molecule has 0 radical (unpaired) electrons. The molecule has 2 nitrogen and oxygen atoms in total. The molecule has 466 valence electrons. The Balaban J connectivity index is 1.04. The molecule has 6 aliphatic rings. The summed E-state index contributed by atoms with van der Waals surface area (Å²) in [7, 11) is 0. The van der Waals surface area contributed by atoms with Crippen LogP contribution in [0, 0.1) is 23.2 Å². The SMILES string of the molecule is CC(C)(C)C1=CC2=CCC3C=C(c4ccc5c(c4)N(c4c(-c6ccccc6)cc(C(C)(C)C)cc4-c4ccccc4)c4cc(C(C)(C)C)cc6c4B5c4cc(-c5ccccc5)ccc4N6c4c(-c5ccccc5)cc(C(C)(C)C)cc4-c4ccccc4)C=C4C=CC(=C1)C2C43. The maximum atomic E-state index is 2.76. The average Bonchev–Trinajstić information content (AvgIpc) is 0.689. The van der Waals surface area contributed by atoms with Crippen LogP contribution in [0.25, 0.3) is 61.2 Å². The van der Waals surface area contributed by atoms with E-state index in [-0.39, 0.29) is 28.4 Å². The summed E-state index contributed by atoms with van der Waals surface area (Å²) < 4.78 is 0. The minimum Gasteiger partial charge on any atom is -0.310 e. The quantitative estimate of drug-likeness (QED) is 0.140. The molecule has 3 unspecified atom stereocenters. The first-order chi connectivity index (χ1) is 45.6. The second kappa shape index (κ2) is 22.5. The maximum absolute atomic E-state index is 2.76. The van der Waals surface area contributed by atoms with E-state index in [0.717, 1.165) is 6.42 Å². The van der Waals surface area contributed by atoms with Crippen LogP contribution < -0.4 is 26.2 Å². The highest BCUT2D eigenvalue weighted by Crippen LogP contribution is 2.57. The molecule has 16 rings (SSSR count). The van der Waals surface area contributed by atoms with E-state index in [1.54, 1.807) is 0 Å². The van der Waals surface area contributed by atoms with Gasteiger partial charge in [-0.3, -0.25) is 0 Å². The van der Waals surface area contributed by atoms with Gasteiger partial charge in [-0.2, -0.15) is 0 Å². The molecular weight excluding hydrogens is 1140 g/mol. The third-order valence-corrected chi connectivity index (χ3v) is 21.4. The number of hydrogen-bond donors (Lipinski definition) is 0. The number of rotatable bonds is 8. The molecule has 2 aliphatic heterocycles. The van der Waals surface area contributed by atoms with Gasteiger partial charge in [0, 0.05) is 56.8 Å². The van der Waals surface area contributed by atoms with Crippen molar-refractivity contribution in [2.75, 3.05) is 9.80 Å². The minimum absolute atomic E-state index is 0.0771. The number of fused-ring (bicyclic) bond motifs is 4. The molecule has 4 aliphatic carbocycles. The molecule has 0 saturated heterocycles. The van der Waals surface area contributed by atoms with Crippen molar-refractivity contribution in [1.29, 1.82) is 0 Å². The smallest absolute Gasteiger partial charge is 0.252 e. The van der Waals surface area contributed by atoms with Crippen LogP contribution in [0.3, 0.4) is 0 Å². The van der Waals surface area contributed by atoms with E-state index in [9.17, 15) is 0 Å². The van der Waals surface area contributed by atoms with Gasteiger partial charge in [0.25, 0.3) is 6.71 Å². The zero-order valence-electron chi connectivity index (χ0n) is 57.3. The maximum Gasteiger partial charge on any atom is 0.252 e. The zero-order valence-corrected chi connectivity index (χ0v) is 57.3. The molecule has 95 heavy (non-hydrogen) atoms. The van der Waals surface area contributed by atoms with E-state index in [1.165, 1.54) is 156 Å². The third kappa shape index (κ3) is 10.4. The van der Waals surface area contributed by atoms with Crippen molar-refractivity contribution in [3.8, 4) is 55.6 Å². The Hall–Kier alpha value is -9.70. The molecule has 0 saturated carbocycles. The average molecular weight is 1230 g/mol. The van der Waals surface area contributed by atoms with Gasteiger partial charge in [0.05, 0.1) is 11.4 Å². The fourth-order valence-electron chi connectivity index (χ4n) is 16.2. The Morgan fingerprint density at radius 2 is 0.789 bits per heavy atom. The highest BCUT2D eigenvalue weighted by Gasteiger charge is 2.48. The predicted octanol–water partition coefficient (Wildman–Crippen LogP) is 23.0. The topological polar surface area (TPSA) is 6.48 Å². The summed E-state index contributed by atoms with van der Waals surface area (Å²) in [5.41, 5.74) is 34.7. The van der Waals surface area contributed by atoms with Crippen LogP contribution in [0.4, 0.5) is 34.1 Å². The predicted molar refractivity (Wildman–Crippen MR) is 408 cm³/mol. The summed E-state index contributed by atoms with van der Waals surface area (Å²) in [5.74, 6) is 1.14. The molecule has 10 aromatic rings. The monoisotopic (exact) mass is 1230 g/mol. The lowest BCUT2D eigenvalue weighted by molar-refractivity contribution is 0.357. The molecule has 0 fully saturated rings. The highest BCUT2D eigenvalue weighted by molar-refractivity contribution is 7.00. The number of nitrogens with zero attached hydrogens (tertiary/aromatic N) is 2. The van der Waals surface area contributed by atoms with E-state index in [4.69, 9.17) is 0 Å². The van der Waals surface area contributed by atoms with Crippen molar-refractivity contribution in [2.45, 2.75) is 106 Å². The first-order valence-corrected chi connectivity index (χ1v) is 34.6. The van der Waals surface area contributed by atoms with Crippen LogP contribution >= 0.6 is 0 Å². The van der Waals surface area contributed by atoms with Gasteiger partial charge in [-0.05, 0) is 182 Å². The summed E-state index contributed by atoms with van der Waals surface area (Å²) in [4.78, 5) is 5.48. The Morgan fingerprint density at radius 1 is 0.347 bits per heavy atom. The number of anilines is 6. The van der Waals surface area contributed by atoms with Crippen molar-refractivity contribution < 1.29 is 0 Å². The van der Waals surface area contributed by atoms with Gasteiger partial charge in [0.1, 0.15) is 0 Å². The van der Waals surface area contributed by atoms with Crippen molar-refractivity contribution in [3.63, 3.8) is 0 Å². The van der Waals surface area contributed by atoms with E-state index < -0.39 is 0 Å². The zero-order chi connectivity index (χ0) is 65.4. The molecule has 2 heterocycles. The minimum atomic E-state index is -0.270. The second-order valence-electron chi connectivity index (χ2n) is 31.7. The molecular formula is C92H85BN2. The van der Waals surface area contributed by atoms with Crippen molar-refractivity contribution in [1.82, 2.24) is 0 Å². The number of allylic oxidation sites excluding steroid dienone is 12. The summed E-state index contributed by atoms with van der Waals surface area (Å²) in [6.45, 7) is 28.3. The number of benzene rings is 10. The van der Waals surface area contributed by atoms with E-state index in [0.29, 0.717) is 17.8 Å². The highest BCUT2D eigenvalue weighted by atomic mass is 15.2. The third-order valence-electron chi connectivity index (χ3n) is 21.4. The van der Waals surface area contributed by atoms with Crippen LogP contribution in [0.2, 0.25) is 0 Å². The molecule has 0 N–H and O–H groups in total. The van der Waals surface area contributed by atoms with Crippen LogP contribution in [-0.2, 0) is 16.2 Å². The van der Waals surface area contributed by atoms with Gasteiger partial charge in [0.15, 0.2) is 0 Å². The van der Waals surface area contributed by atoms with Crippen molar-refractivity contribution in [2.24, 2.45) is 23.2 Å². The first-order valence-electron chi connectivity index (χ1n) is 34.6. The lowest BCUT2D eigenvalue weighted by atomic mass is 9.33. The standard InChI is InChI=1S/C92H85BN2/c1-89(2,3)70-48-67-40-38-65-46-69(47-66-39-41-68(49-70)85(67)84(65)66)64-42-44-78-81(51-64)95(88-76(61-34-24-16-25-35-61)54-72(91(7,8)9)55-77(88)62-36-26-17-27-37-62)83-57-73(92(10,11)12)56-82-86(83)93(78)79-50-63(58-28-18-13-19-29-58)43-45-80(79)94(82)87-74(59-30-20-14-21-31-59)52-71(90(4,5)6)53-75(87)60-32-22-15-23-33-60/h13-38,40-57,66,84-85H,39H2,1-12H3. The van der Waals surface area contributed by atoms with Crippen LogP contribution in [-0.4, -0.2) is 6.71 Å². The molecule has 3 atom stereocenters. The Bertz CT molecular complexity index is 4810. The lowest BCUT2D eigenvalue weighted by Crippen LogP contribution is -2.61. The molecule has 0 amide bonds. The van der Waals surface area contributed by atoms with Crippen LogP contribution in [0.5, 0.6) is 0 Å². The van der Waals surface area contributed by atoms with Gasteiger partial charge in [-0.1, -0.05) is 302 Å². The van der Waals surface area contributed by atoms with Gasteiger partial charge in [-0.15, -0.1) is 0 Å². The Labute approximate surface area is 565 Å². The van der Waals surface area contributed by atoms with Crippen molar-refractivity contribution >= 4 is 62.8 Å².